The van der Waals surface area contributed by atoms with Crippen molar-refractivity contribution in [2.45, 2.75) is 43.8 Å². The van der Waals surface area contributed by atoms with Crippen molar-refractivity contribution in [2.75, 3.05) is 11.9 Å². The van der Waals surface area contributed by atoms with Gasteiger partial charge in [0.15, 0.2) is 0 Å². The molecular formula is C16H20ClN3O2S. The Hall–Kier alpha value is -1.21. The maximum Gasteiger partial charge on any atom is 0.253 e. The minimum atomic E-state index is -0.382. The quantitative estimate of drug-likeness (QED) is 0.885. The van der Waals surface area contributed by atoms with E-state index in [9.17, 15) is 4.79 Å². The number of nitrogens with zero attached hydrogens (tertiary/aromatic N) is 1. The third-order valence-corrected chi connectivity index (χ3v) is 5.44. The summed E-state index contributed by atoms with van der Waals surface area (Å²) in [4.78, 5) is 16.9. The second-order valence-corrected chi connectivity index (χ2v) is 7.12. The number of carbonyl (C=O) groups excluding carboxylic acids is 1. The molecule has 0 radical (unpaired) electrons. The summed E-state index contributed by atoms with van der Waals surface area (Å²) in [5.74, 6) is 0.581. The molecule has 2 fully saturated rings. The highest BCUT2D eigenvalue weighted by molar-refractivity contribution is 7.18. The van der Waals surface area contributed by atoms with Gasteiger partial charge in [0.05, 0.1) is 21.3 Å². The van der Waals surface area contributed by atoms with Crippen molar-refractivity contribution in [3.8, 4) is 0 Å². The second-order valence-electron chi connectivity index (χ2n) is 6.06. The number of aromatic nitrogens is 1. The summed E-state index contributed by atoms with van der Waals surface area (Å²) >= 11 is 1.74. The molecule has 0 unspecified atom stereocenters. The fourth-order valence-corrected chi connectivity index (χ4v) is 4.00. The summed E-state index contributed by atoms with van der Waals surface area (Å²) in [7, 11) is 0. The van der Waals surface area contributed by atoms with Gasteiger partial charge in [-0.2, -0.15) is 0 Å². The number of rotatable bonds is 4. The van der Waals surface area contributed by atoms with Crippen LogP contribution in [0, 0.1) is 0 Å². The fourth-order valence-electron chi connectivity index (χ4n) is 2.82. The van der Waals surface area contributed by atoms with Crippen LogP contribution >= 0.6 is 23.7 Å². The van der Waals surface area contributed by atoms with Crippen molar-refractivity contribution < 1.29 is 9.53 Å². The van der Waals surface area contributed by atoms with Gasteiger partial charge < -0.3 is 15.8 Å². The van der Waals surface area contributed by atoms with E-state index in [-0.39, 0.29) is 30.5 Å². The number of anilines is 1. The molecule has 1 aliphatic heterocycles. The molecular weight excluding hydrogens is 334 g/mol. The zero-order valence-electron chi connectivity index (χ0n) is 12.7. The molecule has 1 saturated heterocycles. The third kappa shape index (κ3) is 3.50. The number of nitrogens with two attached hydrogens (primary N) is 1. The first kappa shape index (κ1) is 16.6. The van der Waals surface area contributed by atoms with Crippen LogP contribution in [0.2, 0.25) is 0 Å². The van der Waals surface area contributed by atoms with Crippen LogP contribution in [0.5, 0.6) is 0 Å². The summed E-state index contributed by atoms with van der Waals surface area (Å²) in [5.41, 5.74) is 7.41. The van der Waals surface area contributed by atoms with E-state index in [2.05, 4.69) is 10.3 Å². The topological polar surface area (TPSA) is 77.2 Å². The number of carbonyl (C=O) groups is 1. The molecule has 2 heterocycles. The van der Waals surface area contributed by atoms with Gasteiger partial charge in [0.25, 0.3) is 5.91 Å². The maximum absolute atomic E-state index is 12.2. The van der Waals surface area contributed by atoms with Crippen LogP contribution in [-0.4, -0.2) is 29.6 Å². The molecule has 7 heteroatoms. The first-order valence-electron chi connectivity index (χ1n) is 7.80. The minimum absolute atomic E-state index is 0. The highest BCUT2D eigenvalue weighted by Crippen LogP contribution is 2.43. The van der Waals surface area contributed by atoms with Crippen LogP contribution < -0.4 is 11.1 Å². The van der Waals surface area contributed by atoms with Crippen LogP contribution in [0.4, 0.5) is 5.69 Å². The number of ether oxygens (including phenoxy) is 1. The number of halogens is 1. The summed E-state index contributed by atoms with van der Waals surface area (Å²) in [6, 6.07) is 5.89. The Labute approximate surface area is 145 Å². The first-order chi connectivity index (χ1) is 10.7. The van der Waals surface area contributed by atoms with Gasteiger partial charge in [-0.15, -0.1) is 23.7 Å². The summed E-state index contributed by atoms with van der Waals surface area (Å²) < 4.78 is 6.76. The number of nitrogens with one attached hydrogen (secondary N) is 1. The normalized spacial score (nSPS) is 23.7. The number of benzene rings is 1. The van der Waals surface area contributed by atoms with Crippen LogP contribution in [-0.2, 0) is 9.53 Å². The molecule has 23 heavy (non-hydrogen) atoms. The van der Waals surface area contributed by atoms with E-state index in [1.165, 1.54) is 17.8 Å². The van der Waals surface area contributed by atoms with Gasteiger partial charge in [0.2, 0.25) is 0 Å². The molecule has 4 rings (SSSR count). The highest BCUT2D eigenvalue weighted by atomic mass is 35.5. The Morgan fingerprint density at radius 3 is 2.87 bits per heavy atom. The average molecular weight is 354 g/mol. The molecule has 3 N–H and O–H groups in total. The molecule has 5 nitrogen and oxygen atoms in total. The third-order valence-electron chi connectivity index (χ3n) is 4.26. The maximum atomic E-state index is 12.2. The van der Waals surface area contributed by atoms with Gasteiger partial charge >= 0.3 is 0 Å². The van der Waals surface area contributed by atoms with E-state index in [0.717, 1.165) is 28.7 Å². The Morgan fingerprint density at radius 1 is 1.35 bits per heavy atom. The van der Waals surface area contributed by atoms with Crippen molar-refractivity contribution in [3.05, 3.63) is 23.2 Å². The Balaban J connectivity index is 0.00000156. The minimum Gasteiger partial charge on any atom is -0.364 e. The van der Waals surface area contributed by atoms with Crippen LogP contribution in [0.1, 0.15) is 36.6 Å². The Bertz CT molecular complexity index is 716. The lowest BCUT2D eigenvalue weighted by Crippen LogP contribution is -2.29. The fraction of sp³-hybridized carbons (Fsp3) is 0.500. The first-order valence-corrected chi connectivity index (χ1v) is 8.61. The molecule has 0 spiro atoms. The molecule has 0 bridgehead atoms. The van der Waals surface area contributed by atoms with Gasteiger partial charge in [-0.1, -0.05) is 0 Å². The summed E-state index contributed by atoms with van der Waals surface area (Å²) in [6.45, 7) is 0.473. The van der Waals surface area contributed by atoms with Gasteiger partial charge in [0.1, 0.15) is 6.10 Å². The Kier molecular flexibility index (Phi) is 4.87. The van der Waals surface area contributed by atoms with Crippen molar-refractivity contribution in [2.24, 2.45) is 5.73 Å². The molecule has 1 aromatic heterocycles. The largest absolute Gasteiger partial charge is 0.364 e. The molecule has 124 valence electrons. The second kappa shape index (κ2) is 6.73. The zero-order chi connectivity index (χ0) is 15.1. The molecule has 1 saturated carbocycles. The standard InChI is InChI=1S/C16H19N3O2S.ClH/c17-8-11-4-6-13(21-11)15(20)18-10-3-5-12-14(7-10)22-16(19-12)9-1-2-9;/h3,5,7,9,11,13H,1-2,4,6,8,17H2,(H,18,20);1H/t11-,13+;/m1./s1. The van der Waals surface area contributed by atoms with E-state index in [1.807, 2.05) is 18.2 Å². The van der Waals surface area contributed by atoms with Crippen LogP contribution in [0.3, 0.4) is 0 Å². The molecule has 1 aliphatic carbocycles. The molecule has 2 atom stereocenters. The van der Waals surface area contributed by atoms with Gasteiger partial charge in [-0.25, -0.2) is 4.98 Å². The van der Waals surface area contributed by atoms with Crippen molar-refractivity contribution in [3.63, 3.8) is 0 Å². The zero-order valence-corrected chi connectivity index (χ0v) is 14.3. The number of fused-ring (bicyclic) bond motifs is 1. The predicted octanol–water partition coefficient (Wildman–Crippen LogP) is 3.04. The van der Waals surface area contributed by atoms with E-state index < -0.39 is 0 Å². The summed E-state index contributed by atoms with van der Waals surface area (Å²) in [6.07, 6.45) is 3.74. The van der Waals surface area contributed by atoms with E-state index in [0.29, 0.717) is 12.5 Å². The van der Waals surface area contributed by atoms with E-state index in [4.69, 9.17) is 10.5 Å². The predicted molar refractivity (Wildman–Crippen MR) is 94.4 cm³/mol. The Morgan fingerprint density at radius 2 is 2.17 bits per heavy atom. The van der Waals surface area contributed by atoms with Gasteiger partial charge in [-0.05, 0) is 43.9 Å². The molecule has 1 amide bonds. The van der Waals surface area contributed by atoms with E-state index in [1.54, 1.807) is 11.3 Å². The SMILES string of the molecule is Cl.NC[C@H]1CC[C@@H](C(=O)Nc2ccc3nc(C4CC4)sc3c2)O1. The molecule has 1 aromatic carbocycles. The smallest absolute Gasteiger partial charge is 0.253 e. The number of hydrogen-bond donors (Lipinski definition) is 2. The average Bonchev–Trinajstić information content (AvgIpc) is 3.11. The molecule has 2 aliphatic rings. The lowest BCUT2D eigenvalue weighted by Gasteiger charge is -2.12. The number of hydrogen-bond acceptors (Lipinski definition) is 5. The lowest BCUT2D eigenvalue weighted by molar-refractivity contribution is -0.126. The molecule has 2 aromatic rings. The van der Waals surface area contributed by atoms with Crippen LogP contribution in [0.15, 0.2) is 18.2 Å². The van der Waals surface area contributed by atoms with Crippen molar-refractivity contribution >= 4 is 45.6 Å². The number of amides is 1. The van der Waals surface area contributed by atoms with Gasteiger partial charge in [0, 0.05) is 18.2 Å². The van der Waals surface area contributed by atoms with Crippen LogP contribution in [0.25, 0.3) is 10.2 Å². The van der Waals surface area contributed by atoms with Crippen molar-refractivity contribution in [1.29, 1.82) is 0 Å². The monoisotopic (exact) mass is 353 g/mol. The van der Waals surface area contributed by atoms with Gasteiger partial charge in [-0.3, -0.25) is 4.79 Å². The lowest BCUT2D eigenvalue weighted by atomic mass is 10.2. The van der Waals surface area contributed by atoms with E-state index >= 15 is 0 Å². The number of thiazole rings is 1. The summed E-state index contributed by atoms with van der Waals surface area (Å²) in [5, 5.41) is 4.17. The van der Waals surface area contributed by atoms with Crippen molar-refractivity contribution in [1.82, 2.24) is 4.98 Å². The highest BCUT2D eigenvalue weighted by Gasteiger charge is 2.30.